The number of fused-ring (bicyclic) bond motifs is 7. The summed E-state index contributed by atoms with van der Waals surface area (Å²) in [6.45, 7) is 11.5. The Kier molecular flexibility index (Phi) is 6.61. The highest BCUT2D eigenvalue weighted by Gasteiger charge is 2.34. The van der Waals surface area contributed by atoms with Crippen molar-refractivity contribution < 1.29 is 13.4 Å². The number of para-hydroxylation sites is 3. The smallest absolute Gasteiger partial charge is 0.299 e. The molecule has 0 amide bonds. The molecule has 0 N–H and O–H groups in total. The lowest BCUT2D eigenvalue weighted by Crippen LogP contribution is -2.30. The van der Waals surface area contributed by atoms with E-state index >= 15 is 0 Å². The number of hydrogen-bond donors (Lipinski definition) is 0. The molecule has 3 heterocycles. The predicted octanol–water partition coefficient (Wildman–Crippen LogP) is 12.1. The molecule has 0 saturated heterocycles. The summed E-state index contributed by atoms with van der Waals surface area (Å²) in [4.78, 5) is 0. The summed E-state index contributed by atoms with van der Waals surface area (Å²) in [5.74, 6) is 1.70. The molecule has 6 aromatic carbocycles. The van der Waals surface area contributed by atoms with Gasteiger partial charge in [0.1, 0.15) is 28.0 Å². The fraction of sp³-hybridized carbons (Fsp3) is 0.178. The molecule has 3 aromatic heterocycles. The average molecular weight is 640 g/mol. The highest BCUT2D eigenvalue weighted by atomic mass is 16.3. The van der Waals surface area contributed by atoms with Crippen molar-refractivity contribution in [1.82, 2.24) is 4.57 Å². The van der Waals surface area contributed by atoms with E-state index in [-0.39, 0.29) is 0 Å². The molecule has 0 atom stereocenters. The number of aromatic nitrogens is 2. The number of rotatable bonds is 5. The molecule has 0 saturated carbocycles. The van der Waals surface area contributed by atoms with E-state index < -0.39 is 0 Å². The van der Waals surface area contributed by atoms with Crippen LogP contribution in [0.1, 0.15) is 56.2 Å². The number of furan rings is 2. The van der Waals surface area contributed by atoms with Crippen LogP contribution in [-0.2, 0) is 7.05 Å². The van der Waals surface area contributed by atoms with Crippen LogP contribution in [0.5, 0.6) is 0 Å². The first-order chi connectivity index (χ1) is 23.8. The molecule has 4 nitrogen and oxygen atoms in total. The van der Waals surface area contributed by atoms with E-state index in [0.29, 0.717) is 11.8 Å². The molecule has 9 rings (SSSR count). The first-order valence-corrected chi connectivity index (χ1v) is 17.3. The van der Waals surface area contributed by atoms with Crippen LogP contribution < -0.4 is 4.57 Å². The van der Waals surface area contributed by atoms with Crippen molar-refractivity contribution in [3.05, 3.63) is 132 Å². The molecule has 0 fully saturated rings. The van der Waals surface area contributed by atoms with Crippen molar-refractivity contribution in [1.29, 1.82) is 0 Å². The van der Waals surface area contributed by atoms with E-state index in [1.807, 2.05) is 12.1 Å². The highest BCUT2D eigenvalue weighted by Crippen LogP contribution is 2.44. The normalized spacial score (nSPS) is 12.2. The molecule has 0 bridgehead atoms. The van der Waals surface area contributed by atoms with Crippen molar-refractivity contribution in [3.63, 3.8) is 0 Å². The summed E-state index contributed by atoms with van der Waals surface area (Å²) in [5, 5.41) is 4.42. The third-order valence-electron chi connectivity index (χ3n) is 10.3. The molecule has 0 spiro atoms. The lowest BCUT2D eigenvalue weighted by atomic mass is 9.88. The van der Waals surface area contributed by atoms with Crippen molar-refractivity contribution in [2.45, 2.75) is 46.5 Å². The average Bonchev–Trinajstić information content (AvgIpc) is 3.75. The predicted molar refractivity (Wildman–Crippen MR) is 203 cm³/mol. The number of aryl methyl sites for hydroxylation is 2. The van der Waals surface area contributed by atoms with Crippen molar-refractivity contribution in [2.24, 2.45) is 7.05 Å². The first kappa shape index (κ1) is 29.5. The third-order valence-corrected chi connectivity index (χ3v) is 10.3. The minimum Gasteiger partial charge on any atom is -0.456 e. The summed E-state index contributed by atoms with van der Waals surface area (Å²) in [7, 11) is 2.19. The van der Waals surface area contributed by atoms with Gasteiger partial charge in [-0.2, -0.15) is 4.57 Å². The second kappa shape index (κ2) is 11.0. The number of hydrogen-bond acceptors (Lipinski definition) is 2. The molecule has 0 radical (unpaired) electrons. The maximum atomic E-state index is 6.91. The van der Waals surface area contributed by atoms with E-state index in [1.165, 1.54) is 44.5 Å². The van der Waals surface area contributed by atoms with Gasteiger partial charge < -0.3 is 8.83 Å². The summed E-state index contributed by atoms with van der Waals surface area (Å²) >= 11 is 0. The van der Waals surface area contributed by atoms with Gasteiger partial charge >= 0.3 is 0 Å². The van der Waals surface area contributed by atoms with Gasteiger partial charge in [-0.15, -0.1) is 0 Å². The first-order valence-electron chi connectivity index (χ1n) is 17.3. The Hall–Kier alpha value is -5.61. The Balaban J connectivity index is 1.40. The topological polar surface area (TPSA) is 35.1 Å². The van der Waals surface area contributed by atoms with Gasteiger partial charge in [0.25, 0.3) is 5.82 Å². The Morgan fingerprint density at radius 1 is 0.571 bits per heavy atom. The number of imidazole rings is 1. The zero-order valence-corrected chi connectivity index (χ0v) is 28.8. The fourth-order valence-corrected chi connectivity index (χ4v) is 7.87. The molecular formula is C45H39N2O2+. The monoisotopic (exact) mass is 639 g/mol. The van der Waals surface area contributed by atoms with E-state index in [4.69, 9.17) is 8.83 Å². The van der Waals surface area contributed by atoms with Crippen LogP contribution in [0.4, 0.5) is 0 Å². The van der Waals surface area contributed by atoms with Crippen LogP contribution in [-0.4, -0.2) is 4.57 Å². The molecule has 0 aliphatic carbocycles. The molecule has 49 heavy (non-hydrogen) atoms. The van der Waals surface area contributed by atoms with Gasteiger partial charge in [-0.25, -0.2) is 4.57 Å². The maximum Gasteiger partial charge on any atom is 0.299 e. The van der Waals surface area contributed by atoms with Crippen LogP contribution in [0, 0.1) is 6.92 Å². The van der Waals surface area contributed by atoms with Gasteiger partial charge in [0.2, 0.25) is 0 Å². The van der Waals surface area contributed by atoms with Crippen LogP contribution in [0.3, 0.4) is 0 Å². The van der Waals surface area contributed by atoms with Crippen molar-refractivity contribution >= 4 is 54.9 Å². The minimum absolute atomic E-state index is 0.295. The van der Waals surface area contributed by atoms with Crippen LogP contribution in [0.2, 0.25) is 0 Å². The Morgan fingerprint density at radius 3 is 1.98 bits per heavy atom. The standard InChI is InChI=1S/C45H39N2O2/c1-26(2)33-22-30(29-14-8-7-9-15-29)23-34(27(3)4)43(33)47-38-18-12-11-17-37(38)46(6)45(47)42-28(5)20-21-32-36-24-35-31-16-10-13-19-39(31)48-40(35)25-41(36)49-44(32)42/h7-27H,1-6H3/q+1. The van der Waals surface area contributed by atoms with Crippen LogP contribution >= 0.6 is 0 Å². The molecule has 240 valence electrons. The summed E-state index contributed by atoms with van der Waals surface area (Å²) in [6, 6.07) is 41.4. The zero-order valence-electron chi connectivity index (χ0n) is 28.8. The molecule has 0 aliphatic rings. The second-order valence-electron chi connectivity index (χ2n) is 14.1. The zero-order chi connectivity index (χ0) is 33.6. The fourth-order valence-electron chi connectivity index (χ4n) is 7.87. The van der Waals surface area contributed by atoms with Gasteiger partial charge in [-0.05, 0) is 71.8 Å². The highest BCUT2D eigenvalue weighted by molar-refractivity contribution is 6.17. The number of nitrogens with zero attached hydrogens (tertiary/aromatic N) is 2. The molecule has 4 heteroatoms. The van der Waals surface area contributed by atoms with Gasteiger partial charge in [-0.3, -0.25) is 0 Å². The van der Waals surface area contributed by atoms with Gasteiger partial charge in [0.05, 0.1) is 7.05 Å². The Labute approximate surface area is 285 Å². The van der Waals surface area contributed by atoms with Gasteiger partial charge in [0.15, 0.2) is 16.6 Å². The summed E-state index contributed by atoms with van der Waals surface area (Å²) in [6.07, 6.45) is 0. The van der Waals surface area contributed by atoms with E-state index in [9.17, 15) is 0 Å². The molecular weight excluding hydrogens is 601 g/mol. The van der Waals surface area contributed by atoms with E-state index in [2.05, 4.69) is 154 Å². The quantitative estimate of drug-likeness (QED) is 0.176. The lowest BCUT2D eigenvalue weighted by molar-refractivity contribution is -0.633. The lowest BCUT2D eigenvalue weighted by Gasteiger charge is -2.21. The number of benzene rings is 6. The maximum absolute atomic E-state index is 6.91. The minimum atomic E-state index is 0.295. The van der Waals surface area contributed by atoms with Crippen LogP contribution in [0.25, 0.3) is 83.1 Å². The Morgan fingerprint density at radius 2 is 1.22 bits per heavy atom. The molecule has 0 aliphatic heterocycles. The van der Waals surface area contributed by atoms with Crippen molar-refractivity contribution in [3.8, 4) is 28.2 Å². The largest absolute Gasteiger partial charge is 0.456 e. The summed E-state index contributed by atoms with van der Waals surface area (Å²) < 4.78 is 18.1. The third kappa shape index (κ3) is 4.40. The molecule has 9 aromatic rings. The van der Waals surface area contributed by atoms with Gasteiger partial charge in [0, 0.05) is 38.7 Å². The SMILES string of the molecule is Cc1ccc2c(oc3cc4oc5ccccc5c4cc32)c1-c1n(-c2c(C(C)C)cc(-c3ccccc3)cc2C(C)C)c2ccccc2[n+]1C. The van der Waals surface area contributed by atoms with E-state index in [0.717, 1.165) is 55.3 Å². The van der Waals surface area contributed by atoms with Crippen LogP contribution in [0.15, 0.2) is 124 Å². The van der Waals surface area contributed by atoms with E-state index in [1.54, 1.807) is 0 Å². The Bertz CT molecular complexity index is 2710. The van der Waals surface area contributed by atoms with Crippen molar-refractivity contribution in [2.75, 3.05) is 0 Å². The molecule has 0 unspecified atom stereocenters. The van der Waals surface area contributed by atoms with Gasteiger partial charge in [-0.1, -0.05) is 100 Å². The summed E-state index contributed by atoms with van der Waals surface area (Å²) in [5.41, 5.74) is 14.5. The second-order valence-corrected chi connectivity index (χ2v) is 14.1.